The average molecular weight is 331 g/mol. The Hall–Kier alpha value is -1.88. The number of carbonyl (C=O) groups is 2. The van der Waals surface area contributed by atoms with E-state index in [-0.39, 0.29) is 11.8 Å². The van der Waals surface area contributed by atoms with Crippen molar-refractivity contribution in [3.05, 3.63) is 29.3 Å². The predicted octanol–water partition coefficient (Wildman–Crippen LogP) is 2.80. The Kier molecular flexibility index (Phi) is 6.37. The molecule has 0 aromatic heterocycles. The highest BCUT2D eigenvalue weighted by Crippen LogP contribution is 2.20. The minimum absolute atomic E-state index is 0.0140. The van der Waals surface area contributed by atoms with Gasteiger partial charge in [0.1, 0.15) is 0 Å². The fourth-order valence-corrected chi connectivity index (χ4v) is 3.09. The highest BCUT2D eigenvalue weighted by molar-refractivity contribution is 5.96. The first-order valence-corrected chi connectivity index (χ1v) is 8.77. The molecule has 0 radical (unpaired) electrons. The Labute approximate surface area is 144 Å². The lowest BCUT2D eigenvalue weighted by molar-refractivity contribution is -0.116. The third-order valence-corrected chi connectivity index (χ3v) is 4.46. The third kappa shape index (κ3) is 4.81. The van der Waals surface area contributed by atoms with Gasteiger partial charge in [-0.3, -0.25) is 9.59 Å². The van der Waals surface area contributed by atoms with Crippen LogP contribution in [0.25, 0.3) is 0 Å². The minimum atomic E-state index is 0.0140. The van der Waals surface area contributed by atoms with Crippen molar-refractivity contribution < 1.29 is 9.59 Å². The van der Waals surface area contributed by atoms with Crippen molar-refractivity contribution in [3.8, 4) is 0 Å². The Morgan fingerprint density at radius 1 is 1.33 bits per heavy atom. The lowest BCUT2D eigenvalue weighted by atomic mass is 10.0. The van der Waals surface area contributed by atoms with Crippen molar-refractivity contribution >= 4 is 17.5 Å². The molecule has 0 saturated carbocycles. The van der Waals surface area contributed by atoms with Crippen LogP contribution in [0.3, 0.4) is 0 Å². The normalized spacial score (nSPS) is 17.9. The summed E-state index contributed by atoms with van der Waals surface area (Å²) in [5, 5.41) is 6.19. The standard InChI is InChI=1S/C19H29N3O2/c1-13(2)10-18(23)21-17-8-7-15(11-14(17)3)19(24)22-9-5-6-16(12-22)20-4/h7-8,11,13,16,20H,5-6,9-10,12H2,1-4H3,(H,21,23). The summed E-state index contributed by atoms with van der Waals surface area (Å²) in [5.74, 6) is 0.406. The van der Waals surface area contributed by atoms with Crippen LogP contribution in [0.2, 0.25) is 0 Å². The second-order valence-electron chi connectivity index (χ2n) is 7.05. The number of hydrogen-bond donors (Lipinski definition) is 2. The Morgan fingerprint density at radius 3 is 2.71 bits per heavy atom. The van der Waals surface area contributed by atoms with Crippen molar-refractivity contribution in [2.24, 2.45) is 5.92 Å². The topological polar surface area (TPSA) is 61.4 Å². The number of nitrogens with one attached hydrogen (secondary N) is 2. The SMILES string of the molecule is CNC1CCCN(C(=O)c2ccc(NC(=O)CC(C)C)c(C)c2)C1. The molecule has 2 N–H and O–H groups in total. The first-order valence-electron chi connectivity index (χ1n) is 8.77. The Morgan fingerprint density at radius 2 is 2.08 bits per heavy atom. The molecule has 1 atom stereocenters. The van der Waals surface area contributed by atoms with E-state index in [4.69, 9.17) is 0 Å². The summed E-state index contributed by atoms with van der Waals surface area (Å²) in [4.78, 5) is 26.5. The first kappa shape index (κ1) is 18.5. The van der Waals surface area contributed by atoms with Crippen LogP contribution in [-0.4, -0.2) is 42.9 Å². The van der Waals surface area contributed by atoms with Crippen LogP contribution in [0.5, 0.6) is 0 Å². The quantitative estimate of drug-likeness (QED) is 0.872. The maximum absolute atomic E-state index is 12.7. The van der Waals surface area contributed by atoms with Crippen LogP contribution < -0.4 is 10.6 Å². The number of likely N-dealkylation sites (N-methyl/N-ethyl adjacent to an activating group) is 1. The lowest BCUT2D eigenvalue weighted by Gasteiger charge is -2.32. The van der Waals surface area contributed by atoms with Gasteiger partial charge in [-0.25, -0.2) is 0 Å². The Bertz CT molecular complexity index is 598. The molecule has 1 saturated heterocycles. The molecule has 1 aliphatic rings. The number of rotatable bonds is 5. The maximum Gasteiger partial charge on any atom is 0.253 e. The van der Waals surface area contributed by atoms with Gasteiger partial charge in [0.05, 0.1) is 0 Å². The lowest BCUT2D eigenvalue weighted by Crippen LogP contribution is -2.46. The van der Waals surface area contributed by atoms with Crippen LogP contribution in [0, 0.1) is 12.8 Å². The van der Waals surface area contributed by atoms with Crippen LogP contribution in [0.4, 0.5) is 5.69 Å². The molecule has 0 aliphatic carbocycles. The number of carbonyl (C=O) groups excluding carboxylic acids is 2. The van der Waals surface area contributed by atoms with Gasteiger partial charge in [0, 0.05) is 36.8 Å². The van der Waals surface area contributed by atoms with Crippen molar-refractivity contribution in [1.82, 2.24) is 10.2 Å². The Balaban J connectivity index is 2.05. The first-order chi connectivity index (χ1) is 11.4. The fourth-order valence-electron chi connectivity index (χ4n) is 3.09. The number of aryl methyl sites for hydroxylation is 1. The zero-order valence-corrected chi connectivity index (χ0v) is 15.2. The van der Waals surface area contributed by atoms with Crippen molar-refractivity contribution in [3.63, 3.8) is 0 Å². The summed E-state index contributed by atoms with van der Waals surface area (Å²) < 4.78 is 0. The molecule has 2 amide bonds. The second-order valence-corrected chi connectivity index (χ2v) is 7.05. The summed E-state index contributed by atoms with van der Waals surface area (Å²) in [5.41, 5.74) is 2.38. The second kappa shape index (κ2) is 8.29. The van der Waals surface area contributed by atoms with Crippen LogP contribution in [0.15, 0.2) is 18.2 Å². The van der Waals surface area contributed by atoms with Crippen molar-refractivity contribution in [1.29, 1.82) is 0 Å². The summed E-state index contributed by atoms with van der Waals surface area (Å²) in [6.45, 7) is 7.52. The van der Waals surface area contributed by atoms with E-state index >= 15 is 0 Å². The van der Waals surface area contributed by atoms with E-state index in [2.05, 4.69) is 10.6 Å². The molecule has 1 unspecified atom stereocenters. The maximum atomic E-state index is 12.7. The number of anilines is 1. The molecule has 5 heteroatoms. The number of benzene rings is 1. The number of piperidine rings is 1. The molecule has 24 heavy (non-hydrogen) atoms. The predicted molar refractivity (Wildman–Crippen MR) is 97.2 cm³/mol. The number of amides is 2. The molecule has 5 nitrogen and oxygen atoms in total. The van der Waals surface area contributed by atoms with Gasteiger partial charge in [-0.1, -0.05) is 13.8 Å². The zero-order valence-electron chi connectivity index (χ0n) is 15.2. The van der Waals surface area contributed by atoms with Gasteiger partial charge in [0.15, 0.2) is 0 Å². The average Bonchev–Trinajstić information content (AvgIpc) is 2.55. The molecule has 2 rings (SSSR count). The van der Waals surface area contributed by atoms with E-state index in [1.165, 1.54) is 0 Å². The zero-order chi connectivity index (χ0) is 17.7. The highest BCUT2D eigenvalue weighted by Gasteiger charge is 2.23. The summed E-state index contributed by atoms with van der Waals surface area (Å²) in [7, 11) is 1.94. The largest absolute Gasteiger partial charge is 0.337 e. The van der Waals surface area contributed by atoms with E-state index in [0.717, 1.165) is 37.2 Å². The number of likely N-dealkylation sites (tertiary alicyclic amines) is 1. The molecular weight excluding hydrogens is 302 g/mol. The molecule has 0 spiro atoms. The van der Waals surface area contributed by atoms with Crippen molar-refractivity contribution in [2.75, 3.05) is 25.5 Å². The molecular formula is C19H29N3O2. The summed E-state index contributed by atoms with van der Waals surface area (Å²) >= 11 is 0. The summed E-state index contributed by atoms with van der Waals surface area (Å²) in [6.07, 6.45) is 2.64. The van der Waals surface area contributed by atoms with Crippen LogP contribution in [0.1, 0.15) is 49.0 Å². The molecule has 1 heterocycles. The van der Waals surface area contributed by atoms with E-state index in [9.17, 15) is 9.59 Å². The van der Waals surface area contributed by atoms with Gasteiger partial charge in [-0.2, -0.15) is 0 Å². The molecule has 0 bridgehead atoms. The van der Waals surface area contributed by atoms with E-state index in [1.54, 1.807) is 0 Å². The molecule has 1 aliphatic heterocycles. The van der Waals surface area contributed by atoms with Crippen LogP contribution >= 0.6 is 0 Å². The van der Waals surface area contributed by atoms with Gasteiger partial charge >= 0.3 is 0 Å². The van der Waals surface area contributed by atoms with Gasteiger partial charge in [0.25, 0.3) is 5.91 Å². The number of hydrogen-bond acceptors (Lipinski definition) is 3. The number of nitrogens with zero attached hydrogens (tertiary/aromatic N) is 1. The van der Waals surface area contributed by atoms with Crippen LogP contribution in [-0.2, 0) is 4.79 Å². The van der Waals surface area contributed by atoms with E-state index < -0.39 is 0 Å². The summed E-state index contributed by atoms with van der Waals surface area (Å²) in [6, 6.07) is 5.89. The van der Waals surface area contributed by atoms with Gasteiger partial charge in [0.2, 0.25) is 5.91 Å². The van der Waals surface area contributed by atoms with Gasteiger partial charge in [-0.05, 0) is 56.5 Å². The minimum Gasteiger partial charge on any atom is -0.337 e. The molecule has 132 valence electrons. The third-order valence-electron chi connectivity index (χ3n) is 4.46. The van der Waals surface area contributed by atoms with E-state index in [1.807, 2.05) is 50.9 Å². The van der Waals surface area contributed by atoms with Gasteiger partial charge < -0.3 is 15.5 Å². The van der Waals surface area contributed by atoms with Crippen molar-refractivity contribution in [2.45, 2.75) is 46.1 Å². The highest BCUT2D eigenvalue weighted by atomic mass is 16.2. The molecule has 1 aromatic carbocycles. The van der Waals surface area contributed by atoms with E-state index in [0.29, 0.717) is 23.9 Å². The molecule has 1 fully saturated rings. The monoisotopic (exact) mass is 331 g/mol. The van der Waals surface area contributed by atoms with Gasteiger partial charge in [-0.15, -0.1) is 0 Å². The fraction of sp³-hybridized carbons (Fsp3) is 0.579. The molecule has 1 aromatic rings. The smallest absolute Gasteiger partial charge is 0.253 e.